The molecule has 182 valence electrons. The summed E-state index contributed by atoms with van der Waals surface area (Å²) in [6.07, 6.45) is 4.94. The van der Waals surface area contributed by atoms with Crippen molar-refractivity contribution in [2.75, 3.05) is 13.1 Å². The SMILES string of the molecule is CC(Oc1cc(-c2cnc3ccc(CN4CCC(O)CC4)cn23)sc1C(N)=O)c1ccccc1Cl. The van der Waals surface area contributed by atoms with Crippen LogP contribution in [-0.4, -0.2) is 44.5 Å². The summed E-state index contributed by atoms with van der Waals surface area (Å²) in [4.78, 5) is 20.3. The Morgan fingerprint density at radius 1 is 1.29 bits per heavy atom. The normalized spacial score (nSPS) is 16.0. The molecule has 7 nitrogen and oxygen atoms in total. The standard InChI is InChI=1S/C26H27ClN4O3S/c1-16(19-4-2-3-5-20(19)27)34-22-12-23(35-25(22)26(28)33)21-13-29-24-7-6-17(15-31(21)24)14-30-10-8-18(32)9-11-30/h2-7,12-13,15-16,18,32H,8-11,14H2,1H3,(H2,28,33). The molecule has 9 heteroatoms. The molecule has 0 spiro atoms. The van der Waals surface area contributed by atoms with Gasteiger partial charge in [-0.05, 0) is 37.5 Å². The molecule has 1 unspecified atom stereocenters. The molecule has 1 aromatic carbocycles. The Kier molecular flexibility index (Phi) is 6.80. The highest BCUT2D eigenvalue weighted by Crippen LogP contribution is 2.39. The lowest BCUT2D eigenvalue weighted by molar-refractivity contribution is 0.0792. The number of primary amides is 1. The van der Waals surface area contributed by atoms with Gasteiger partial charge in [0.05, 0.1) is 22.9 Å². The zero-order valence-corrected chi connectivity index (χ0v) is 20.9. The summed E-state index contributed by atoms with van der Waals surface area (Å²) in [5.41, 5.74) is 9.37. The minimum absolute atomic E-state index is 0.190. The van der Waals surface area contributed by atoms with Gasteiger partial charge in [-0.25, -0.2) is 4.98 Å². The monoisotopic (exact) mass is 510 g/mol. The number of aliphatic hydroxyl groups excluding tert-OH is 1. The van der Waals surface area contributed by atoms with E-state index in [1.807, 2.05) is 47.7 Å². The van der Waals surface area contributed by atoms with Crippen molar-refractivity contribution in [3.8, 4) is 16.3 Å². The molecule has 1 amide bonds. The number of ether oxygens (including phenoxy) is 1. The molecule has 4 aromatic rings. The van der Waals surface area contributed by atoms with E-state index in [1.54, 1.807) is 6.20 Å². The molecular weight excluding hydrogens is 484 g/mol. The predicted octanol–water partition coefficient (Wildman–Crippen LogP) is 4.91. The van der Waals surface area contributed by atoms with E-state index in [2.05, 4.69) is 22.1 Å². The van der Waals surface area contributed by atoms with E-state index in [0.717, 1.165) is 59.8 Å². The molecule has 1 saturated heterocycles. The fourth-order valence-electron chi connectivity index (χ4n) is 4.45. The Bertz CT molecular complexity index is 1360. The molecule has 0 bridgehead atoms. The molecule has 4 heterocycles. The molecule has 5 rings (SSSR count). The van der Waals surface area contributed by atoms with Gasteiger partial charge in [0.25, 0.3) is 5.91 Å². The zero-order chi connectivity index (χ0) is 24.5. The highest BCUT2D eigenvalue weighted by Gasteiger charge is 2.22. The van der Waals surface area contributed by atoms with Gasteiger partial charge in [-0.1, -0.05) is 35.9 Å². The van der Waals surface area contributed by atoms with Crippen molar-refractivity contribution in [3.05, 3.63) is 75.9 Å². The number of rotatable bonds is 7. The summed E-state index contributed by atoms with van der Waals surface area (Å²) in [6, 6.07) is 13.4. The maximum Gasteiger partial charge on any atom is 0.262 e. The van der Waals surface area contributed by atoms with Crippen LogP contribution >= 0.6 is 22.9 Å². The summed E-state index contributed by atoms with van der Waals surface area (Å²) in [6.45, 7) is 4.46. The number of fused-ring (bicyclic) bond motifs is 1. The van der Waals surface area contributed by atoms with Gasteiger partial charge in [0.15, 0.2) is 0 Å². The van der Waals surface area contributed by atoms with Crippen molar-refractivity contribution in [1.29, 1.82) is 0 Å². The van der Waals surface area contributed by atoms with Crippen LogP contribution in [0.3, 0.4) is 0 Å². The summed E-state index contributed by atoms with van der Waals surface area (Å²) in [5.74, 6) is -0.104. The smallest absolute Gasteiger partial charge is 0.262 e. The van der Waals surface area contributed by atoms with E-state index in [0.29, 0.717) is 15.6 Å². The van der Waals surface area contributed by atoms with Crippen LogP contribution < -0.4 is 10.5 Å². The van der Waals surface area contributed by atoms with E-state index < -0.39 is 5.91 Å². The number of pyridine rings is 1. The molecule has 1 atom stereocenters. The topological polar surface area (TPSA) is 93.1 Å². The second kappa shape index (κ2) is 9.99. The fraction of sp³-hybridized carbons (Fsp3) is 0.308. The Balaban J connectivity index is 1.44. The number of amides is 1. The van der Waals surface area contributed by atoms with Crippen LogP contribution in [-0.2, 0) is 6.54 Å². The number of nitrogens with zero attached hydrogens (tertiary/aromatic N) is 3. The van der Waals surface area contributed by atoms with Crippen molar-refractivity contribution < 1.29 is 14.6 Å². The van der Waals surface area contributed by atoms with Crippen LogP contribution in [0.25, 0.3) is 16.2 Å². The lowest BCUT2D eigenvalue weighted by Gasteiger charge is -2.29. The van der Waals surface area contributed by atoms with Crippen LogP contribution in [0.5, 0.6) is 5.75 Å². The van der Waals surface area contributed by atoms with E-state index in [-0.39, 0.29) is 12.2 Å². The number of hydrogen-bond donors (Lipinski definition) is 2. The Labute approximate surface area is 212 Å². The van der Waals surface area contributed by atoms with Gasteiger partial charge in [-0.15, -0.1) is 11.3 Å². The van der Waals surface area contributed by atoms with Crippen LogP contribution in [0.2, 0.25) is 5.02 Å². The molecule has 1 aliphatic heterocycles. The minimum Gasteiger partial charge on any atom is -0.484 e. The third-order valence-electron chi connectivity index (χ3n) is 6.35. The second-order valence-corrected chi connectivity index (χ2v) is 10.3. The molecule has 0 aliphatic carbocycles. The number of aliphatic hydroxyl groups is 1. The summed E-state index contributed by atoms with van der Waals surface area (Å²) in [7, 11) is 0. The maximum absolute atomic E-state index is 12.2. The largest absolute Gasteiger partial charge is 0.484 e. The Hall–Kier alpha value is -2.91. The van der Waals surface area contributed by atoms with Crippen molar-refractivity contribution in [2.24, 2.45) is 5.73 Å². The molecule has 0 radical (unpaired) electrons. The highest BCUT2D eigenvalue weighted by atomic mass is 35.5. The first-order valence-electron chi connectivity index (χ1n) is 11.6. The molecule has 1 aliphatic rings. The number of piperidine rings is 1. The van der Waals surface area contributed by atoms with E-state index in [1.165, 1.54) is 11.3 Å². The van der Waals surface area contributed by atoms with E-state index in [9.17, 15) is 9.90 Å². The van der Waals surface area contributed by atoms with Crippen LogP contribution in [0.4, 0.5) is 0 Å². The van der Waals surface area contributed by atoms with Gasteiger partial charge in [-0.2, -0.15) is 0 Å². The highest BCUT2D eigenvalue weighted by molar-refractivity contribution is 7.17. The number of likely N-dealkylation sites (tertiary alicyclic amines) is 1. The number of benzene rings is 1. The number of hydrogen-bond acceptors (Lipinski definition) is 6. The molecule has 0 saturated carbocycles. The Morgan fingerprint density at radius 2 is 2.06 bits per heavy atom. The fourth-order valence-corrected chi connectivity index (χ4v) is 5.69. The average Bonchev–Trinajstić information content (AvgIpc) is 3.44. The van der Waals surface area contributed by atoms with Gasteiger partial charge in [0, 0.05) is 42.5 Å². The zero-order valence-electron chi connectivity index (χ0n) is 19.4. The number of nitrogens with two attached hydrogens (primary N) is 1. The molecule has 1 fully saturated rings. The molecule has 3 aromatic heterocycles. The van der Waals surface area contributed by atoms with Crippen molar-refractivity contribution in [1.82, 2.24) is 14.3 Å². The summed E-state index contributed by atoms with van der Waals surface area (Å²) in [5, 5.41) is 10.4. The lowest BCUT2D eigenvalue weighted by atomic mass is 10.1. The van der Waals surface area contributed by atoms with E-state index >= 15 is 0 Å². The van der Waals surface area contributed by atoms with Gasteiger partial charge >= 0.3 is 0 Å². The third kappa shape index (κ3) is 5.06. The van der Waals surface area contributed by atoms with E-state index in [4.69, 9.17) is 22.1 Å². The van der Waals surface area contributed by atoms with Crippen LogP contribution in [0.1, 0.15) is 46.7 Å². The van der Waals surface area contributed by atoms with Crippen molar-refractivity contribution in [2.45, 2.75) is 38.5 Å². The van der Waals surface area contributed by atoms with Crippen molar-refractivity contribution >= 4 is 34.5 Å². The first-order chi connectivity index (χ1) is 16.9. The number of thiophene rings is 1. The maximum atomic E-state index is 12.2. The number of aromatic nitrogens is 2. The number of carbonyl (C=O) groups is 1. The van der Waals surface area contributed by atoms with Crippen LogP contribution in [0, 0.1) is 0 Å². The summed E-state index contributed by atoms with van der Waals surface area (Å²) >= 11 is 7.63. The summed E-state index contributed by atoms with van der Waals surface area (Å²) < 4.78 is 8.20. The first kappa shape index (κ1) is 23.8. The van der Waals surface area contributed by atoms with Crippen LogP contribution in [0.15, 0.2) is 54.9 Å². The number of halogens is 1. The molecule has 35 heavy (non-hydrogen) atoms. The average molecular weight is 511 g/mol. The number of imidazole rings is 1. The third-order valence-corrected chi connectivity index (χ3v) is 7.85. The molecular formula is C26H27ClN4O3S. The van der Waals surface area contributed by atoms with Gasteiger partial charge < -0.3 is 15.6 Å². The van der Waals surface area contributed by atoms with Gasteiger partial charge in [0.2, 0.25) is 0 Å². The lowest BCUT2D eigenvalue weighted by Crippen LogP contribution is -2.35. The number of carbonyl (C=O) groups excluding carboxylic acids is 1. The Morgan fingerprint density at radius 3 is 2.80 bits per heavy atom. The predicted molar refractivity (Wildman–Crippen MR) is 138 cm³/mol. The second-order valence-electron chi connectivity index (χ2n) is 8.87. The first-order valence-corrected chi connectivity index (χ1v) is 12.8. The van der Waals surface area contributed by atoms with Gasteiger partial charge in [0.1, 0.15) is 22.4 Å². The molecule has 3 N–H and O–H groups in total. The quantitative estimate of drug-likeness (QED) is 0.368. The minimum atomic E-state index is -0.538. The van der Waals surface area contributed by atoms with Crippen molar-refractivity contribution in [3.63, 3.8) is 0 Å². The van der Waals surface area contributed by atoms with Gasteiger partial charge in [-0.3, -0.25) is 14.1 Å².